The molecular weight excluding hydrogens is 291 g/mol. The van der Waals surface area contributed by atoms with Gasteiger partial charge in [-0.15, -0.1) is 11.3 Å². The molecule has 0 bridgehead atoms. The van der Waals surface area contributed by atoms with Gasteiger partial charge in [-0.25, -0.2) is 4.98 Å². The van der Waals surface area contributed by atoms with Gasteiger partial charge < -0.3 is 0 Å². The van der Waals surface area contributed by atoms with Gasteiger partial charge in [0.2, 0.25) is 5.91 Å². The van der Waals surface area contributed by atoms with Crippen molar-refractivity contribution >= 4 is 51.7 Å². The summed E-state index contributed by atoms with van der Waals surface area (Å²) in [4.78, 5) is 15.5. The van der Waals surface area contributed by atoms with Gasteiger partial charge >= 0.3 is 0 Å². The number of carbonyl (C=O) groups is 1. The van der Waals surface area contributed by atoms with E-state index in [0.29, 0.717) is 20.7 Å². The summed E-state index contributed by atoms with van der Waals surface area (Å²) >= 11 is 13.3. The molecular formula is C12H8Cl2N2OS. The van der Waals surface area contributed by atoms with Crippen LogP contribution in [-0.4, -0.2) is 10.9 Å². The van der Waals surface area contributed by atoms with Crippen molar-refractivity contribution in [3.05, 3.63) is 51.5 Å². The maximum Gasteiger partial charge on any atom is 0.250 e. The van der Waals surface area contributed by atoms with Crippen LogP contribution in [0.2, 0.25) is 10.0 Å². The lowest BCUT2D eigenvalue weighted by molar-refractivity contribution is -0.111. The molecule has 0 spiro atoms. The average Bonchev–Trinajstić information content (AvgIpc) is 2.81. The lowest BCUT2D eigenvalue weighted by atomic mass is 10.2. The van der Waals surface area contributed by atoms with Crippen LogP contribution in [0, 0.1) is 0 Å². The maximum absolute atomic E-state index is 11.6. The van der Waals surface area contributed by atoms with E-state index < -0.39 is 0 Å². The molecule has 2 rings (SSSR count). The first-order valence-corrected chi connectivity index (χ1v) is 6.63. The summed E-state index contributed by atoms with van der Waals surface area (Å²) in [5.74, 6) is -0.277. The van der Waals surface area contributed by atoms with E-state index in [-0.39, 0.29) is 5.91 Å². The second-order valence-corrected chi connectivity index (χ2v) is 5.00. The number of carbonyl (C=O) groups excluding carboxylic acids is 1. The first kappa shape index (κ1) is 13.1. The van der Waals surface area contributed by atoms with Crippen molar-refractivity contribution in [1.29, 1.82) is 0 Å². The summed E-state index contributed by atoms with van der Waals surface area (Å²) in [7, 11) is 0. The van der Waals surface area contributed by atoms with E-state index in [1.165, 1.54) is 17.4 Å². The van der Waals surface area contributed by atoms with Gasteiger partial charge in [0.1, 0.15) is 0 Å². The molecule has 18 heavy (non-hydrogen) atoms. The smallest absolute Gasteiger partial charge is 0.250 e. The van der Waals surface area contributed by atoms with Crippen LogP contribution in [0.4, 0.5) is 5.13 Å². The van der Waals surface area contributed by atoms with Crippen molar-refractivity contribution < 1.29 is 4.79 Å². The molecule has 0 aliphatic rings. The van der Waals surface area contributed by atoms with Crippen LogP contribution in [0.15, 0.2) is 35.9 Å². The van der Waals surface area contributed by atoms with Gasteiger partial charge in [-0.1, -0.05) is 29.3 Å². The van der Waals surface area contributed by atoms with Gasteiger partial charge in [0.15, 0.2) is 5.13 Å². The molecule has 0 aliphatic carbocycles. The Hall–Kier alpha value is -1.36. The van der Waals surface area contributed by atoms with Gasteiger partial charge in [0, 0.05) is 33.3 Å². The third kappa shape index (κ3) is 3.32. The zero-order chi connectivity index (χ0) is 13.0. The first-order chi connectivity index (χ1) is 8.66. The van der Waals surface area contributed by atoms with E-state index in [1.54, 1.807) is 35.9 Å². The van der Waals surface area contributed by atoms with Crippen molar-refractivity contribution in [3.63, 3.8) is 0 Å². The van der Waals surface area contributed by atoms with E-state index in [2.05, 4.69) is 10.3 Å². The fraction of sp³-hybridized carbons (Fsp3) is 0. The highest BCUT2D eigenvalue weighted by Crippen LogP contribution is 2.25. The summed E-state index contributed by atoms with van der Waals surface area (Å²) in [6.07, 6.45) is 4.57. The highest BCUT2D eigenvalue weighted by molar-refractivity contribution is 7.13. The Balaban J connectivity index is 2.09. The van der Waals surface area contributed by atoms with Gasteiger partial charge in [-0.05, 0) is 18.2 Å². The summed E-state index contributed by atoms with van der Waals surface area (Å²) in [6.45, 7) is 0. The van der Waals surface area contributed by atoms with Crippen LogP contribution in [0.25, 0.3) is 6.08 Å². The van der Waals surface area contributed by atoms with E-state index in [4.69, 9.17) is 23.2 Å². The maximum atomic E-state index is 11.6. The standard InChI is InChI=1S/C12H8Cl2N2OS/c13-9-2-1-3-10(14)8(9)4-5-11(17)16-12-15-6-7-18-12/h1-7H,(H,15,16,17). The molecule has 2 aromatic rings. The number of benzene rings is 1. The monoisotopic (exact) mass is 298 g/mol. The Morgan fingerprint density at radius 2 is 2.06 bits per heavy atom. The molecule has 3 nitrogen and oxygen atoms in total. The van der Waals surface area contributed by atoms with Crippen LogP contribution in [0.1, 0.15) is 5.56 Å². The molecule has 0 radical (unpaired) electrons. The summed E-state index contributed by atoms with van der Waals surface area (Å²) in [6, 6.07) is 5.18. The molecule has 92 valence electrons. The highest BCUT2D eigenvalue weighted by atomic mass is 35.5. The molecule has 1 aromatic carbocycles. The zero-order valence-corrected chi connectivity index (χ0v) is 11.4. The number of hydrogen-bond acceptors (Lipinski definition) is 3. The van der Waals surface area contributed by atoms with E-state index in [0.717, 1.165) is 0 Å². The number of anilines is 1. The number of hydrogen-bond donors (Lipinski definition) is 1. The topological polar surface area (TPSA) is 42.0 Å². The summed E-state index contributed by atoms with van der Waals surface area (Å²) in [5, 5.41) is 5.96. The van der Waals surface area contributed by atoms with E-state index in [9.17, 15) is 4.79 Å². The molecule has 1 heterocycles. The Labute approximate surface area is 118 Å². The van der Waals surface area contributed by atoms with Crippen molar-refractivity contribution in [3.8, 4) is 0 Å². The number of nitrogens with one attached hydrogen (secondary N) is 1. The Morgan fingerprint density at radius 3 is 2.67 bits per heavy atom. The average molecular weight is 299 g/mol. The van der Waals surface area contributed by atoms with Gasteiger partial charge in [0.05, 0.1) is 0 Å². The van der Waals surface area contributed by atoms with E-state index in [1.807, 2.05) is 0 Å². The molecule has 6 heteroatoms. The van der Waals surface area contributed by atoms with Crippen LogP contribution in [-0.2, 0) is 4.79 Å². The van der Waals surface area contributed by atoms with Crippen molar-refractivity contribution in [1.82, 2.24) is 4.98 Å². The molecule has 0 fully saturated rings. The zero-order valence-electron chi connectivity index (χ0n) is 9.06. The number of amides is 1. The molecule has 0 unspecified atom stereocenters. The predicted molar refractivity (Wildman–Crippen MR) is 76.2 cm³/mol. The SMILES string of the molecule is O=C(C=Cc1c(Cl)cccc1Cl)Nc1nccs1. The quantitative estimate of drug-likeness (QED) is 0.867. The minimum atomic E-state index is -0.277. The molecule has 1 amide bonds. The minimum absolute atomic E-state index is 0.277. The Bertz CT molecular complexity index is 562. The lowest BCUT2D eigenvalue weighted by Crippen LogP contribution is -2.07. The third-order valence-corrected chi connectivity index (χ3v) is 3.41. The first-order valence-electron chi connectivity index (χ1n) is 4.99. The fourth-order valence-corrected chi connectivity index (χ4v) is 2.32. The van der Waals surface area contributed by atoms with Gasteiger partial charge in [-0.3, -0.25) is 10.1 Å². The number of halogens is 2. The highest BCUT2D eigenvalue weighted by Gasteiger charge is 2.03. The van der Waals surface area contributed by atoms with Gasteiger partial charge in [-0.2, -0.15) is 0 Å². The normalized spacial score (nSPS) is 10.8. The largest absolute Gasteiger partial charge is 0.298 e. The molecule has 0 saturated heterocycles. The predicted octanol–water partition coefficient (Wildman–Crippen LogP) is 4.10. The summed E-state index contributed by atoms with van der Waals surface area (Å²) in [5.41, 5.74) is 0.620. The van der Waals surface area contributed by atoms with Gasteiger partial charge in [0.25, 0.3) is 0 Å². The van der Waals surface area contributed by atoms with Crippen molar-refractivity contribution in [2.24, 2.45) is 0 Å². The molecule has 0 saturated carbocycles. The molecule has 1 aromatic heterocycles. The van der Waals surface area contributed by atoms with Crippen molar-refractivity contribution in [2.75, 3.05) is 5.32 Å². The molecule has 0 atom stereocenters. The van der Waals surface area contributed by atoms with Crippen LogP contribution in [0.3, 0.4) is 0 Å². The number of rotatable bonds is 3. The van der Waals surface area contributed by atoms with Crippen LogP contribution < -0.4 is 5.32 Å². The minimum Gasteiger partial charge on any atom is -0.298 e. The van der Waals surface area contributed by atoms with Crippen LogP contribution >= 0.6 is 34.5 Å². The number of aromatic nitrogens is 1. The summed E-state index contributed by atoms with van der Waals surface area (Å²) < 4.78 is 0. The fourth-order valence-electron chi connectivity index (χ4n) is 1.26. The van der Waals surface area contributed by atoms with Crippen molar-refractivity contribution in [2.45, 2.75) is 0 Å². The second kappa shape index (κ2) is 6.00. The number of nitrogens with zero attached hydrogens (tertiary/aromatic N) is 1. The number of thiazole rings is 1. The van der Waals surface area contributed by atoms with E-state index >= 15 is 0 Å². The third-order valence-electron chi connectivity index (χ3n) is 2.06. The lowest BCUT2D eigenvalue weighted by Gasteiger charge is -2.00. The Kier molecular flexibility index (Phi) is 4.36. The molecule has 0 aliphatic heterocycles. The Morgan fingerprint density at radius 1 is 1.33 bits per heavy atom. The van der Waals surface area contributed by atoms with Crippen LogP contribution in [0.5, 0.6) is 0 Å². The molecule has 1 N–H and O–H groups in total. The second-order valence-electron chi connectivity index (χ2n) is 3.30.